The lowest BCUT2D eigenvalue weighted by Gasteiger charge is -2.37. The molecule has 1 aliphatic carbocycles. The van der Waals surface area contributed by atoms with Crippen molar-refractivity contribution in [2.75, 3.05) is 5.32 Å². The summed E-state index contributed by atoms with van der Waals surface area (Å²) in [6.45, 7) is 12.0. The molecule has 1 unspecified atom stereocenters. The van der Waals surface area contributed by atoms with Crippen molar-refractivity contribution in [3.8, 4) is 0 Å². The van der Waals surface area contributed by atoms with Crippen molar-refractivity contribution in [3.05, 3.63) is 102 Å². The number of benzene rings is 1. The third kappa shape index (κ3) is 8.00. The van der Waals surface area contributed by atoms with Gasteiger partial charge in [-0.1, -0.05) is 55.4 Å². The summed E-state index contributed by atoms with van der Waals surface area (Å²) in [6.07, 6.45) is 20.3. The maximum Gasteiger partial charge on any atom is 0.248 e. The van der Waals surface area contributed by atoms with Crippen LogP contribution in [0.4, 0.5) is 5.69 Å². The van der Waals surface area contributed by atoms with E-state index in [1.165, 1.54) is 24.0 Å². The van der Waals surface area contributed by atoms with Gasteiger partial charge >= 0.3 is 0 Å². The van der Waals surface area contributed by atoms with Crippen LogP contribution in [-0.4, -0.2) is 15.5 Å². The van der Waals surface area contributed by atoms with Crippen LogP contribution in [0.1, 0.15) is 47.5 Å². The number of thiol groups is 1. The van der Waals surface area contributed by atoms with E-state index in [1.54, 1.807) is 6.08 Å². The van der Waals surface area contributed by atoms with Gasteiger partial charge in [0.25, 0.3) is 0 Å². The molecule has 0 saturated heterocycles. The second-order valence-corrected chi connectivity index (χ2v) is 10.5. The first-order chi connectivity index (χ1) is 16.6. The molecule has 1 aromatic heterocycles. The number of carbonyl (C=O) groups excluding carboxylic acids is 1. The number of anilines is 1. The summed E-state index contributed by atoms with van der Waals surface area (Å²) in [4.78, 5) is 17.3. The van der Waals surface area contributed by atoms with Crippen LogP contribution >= 0.6 is 12.6 Å². The maximum absolute atomic E-state index is 12.2. The lowest BCUT2D eigenvalue weighted by molar-refractivity contribution is -0.111. The molecule has 1 aromatic carbocycles. The van der Waals surface area contributed by atoms with E-state index in [0.29, 0.717) is 5.92 Å². The van der Waals surface area contributed by atoms with Gasteiger partial charge < -0.3 is 9.88 Å². The zero-order chi connectivity index (χ0) is 25.4. The Hall–Kier alpha value is -3.05. The average Bonchev–Trinajstić information content (AvgIpc) is 3.30. The van der Waals surface area contributed by atoms with Gasteiger partial charge in [0.05, 0.1) is 6.33 Å². The number of nitrogens with one attached hydrogen (secondary N) is 1. The minimum Gasteiger partial charge on any atom is -0.337 e. The van der Waals surface area contributed by atoms with Crippen molar-refractivity contribution in [1.29, 1.82) is 0 Å². The highest BCUT2D eigenvalue weighted by Crippen LogP contribution is 2.44. The number of nitrogens with zero attached hydrogens (tertiary/aromatic N) is 2. The molecule has 0 bridgehead atoms. The van der Waals surface area contributed by atoms with Gasteiger partial charge in [0.15, 0.2) is 0 Å². The van der Waals surface area contributed by atoms with Crippen molar-refractivity contribution < 1.29 is 4.79 Å². The molecule has 1 amide bonds. The van der Waals surface area contributed by atoms with Gasteiger partial charge in [-0.2, -0.15) is 0 Å². The lowest BCUT2D eigenvalue weighted by Crippen LogP contribution is -2.26. The molecule has 4 nitrogen and oxygen atoms in total. The summed E-state index contributed by atoms with van der Waals surface area (Å²) in [7, 11) is 0. The molecule has 1 aliphatic rings. The fourth-order valence-corrected chi connectivity index (χ4v) is 4.62. The number of carbonyl (C=O) groups is 1. The molecule has 2 aromatic rings. The van der Waals surface area contributed by atoms with Crippen molar-refractivity contribution in [2.24, 2.45) is 11.3 Å². The number of hydrogen-bond acceptors (Lipinski definition) is 3. The Morgan fingerprint density at radius 3 is 2.63 bits per heavy atom. The maximum atomic E-state index is 12.2. The first-order valence-electron chi connectivity index (χ1n) is 12.1. The monoisotopic (exact) mass is 487 g/mol. The van der Waals surface area contributed by atoms with Gasteiger partial charge in [0.1, 0.15) is 0 Å². The number of allylic oxidation sites excluding steroid dienone is 9. The molecular formula is C30H37N3OS. The second kappa shape index (κ2) is 12.1. The topological polar surface area (TPSA) is 46.9 Å². The predicted octanol–water partition coefficient (Wildman–Crippen LogP) is 7.57. The summed E-state index contributed by atoms with van der Waals surface area (Å²) >= 11 is 4.26. The Balaban J connectivity index is 1.63. The summed E-state index contributed by atoms with van der Waals surface area (Å²) in [5, 5.41) is 2.87. The van der Waals surface area contributed by atoms with Crippen molar-refractivity contribution in [3.63, 3.8) is 0 Å². The molecule has 0 spiro atoms. The Labute approximate surface area is 215 Å². The normalized spacial score (nSPS) is 19.1. The van der Waals surface area contributed by atoms with E-state index in [2.05, 4.69) is 73.4 Å². The largest absolute Gasteiger partial charge is 0.337 e. The summed E-state index contributed by atoms with van der Waals surface area (Å²) in [6, 6.07) is 7.37. The molecule has 3 rings (SSSR count). The van der Waals surface area contributed by atoms with E-state index in [4.69, 9.17) is 0 Å². The van der Waals surface area contributed by atoms with Gasteiger partial charge in [-0.3, -0.25) is 4.79 Å². The van der Waals surface area contributed by atoms with Crippen molar-refractivity contribution >= 4 is 24.2 Å². The standard InChI is InChI=1S/C30H37N3OS/c1-22(7-6-8-23(2)19-29(34)32-26-10-12-27(35)13-11-26)9-14-28-24(3)25(15-16-30(28,4)5)20-33-18-17-31-21-33/h6-14,17-19,21,25,35H,15-16,20H2,1-5H3,(H,32,34). The van der Waals surface area contributed by atoms with E-state index < -0.39 is 0 Å². The molecule has 0 fully saturated rings. The van der Waals surface area contributed by atoms with Crippen LogP contribution in [0.3, 0.4) is 0 Å². The third-order valence-electron chi connectivity index (χ3n) is 6.60. The molecule has 184 valence electrons. The van der Waals surface area contributed by atoms with Gasteiger partial charge in [-0.15, -0.1) is 12.6 Å². The first-order valence-corrected chi connectivity index (χ1v) is 12.6. The Morgan fingerprint density at radius 2 is 1.94 bits per heavy atom. The molecule has 0 radical (unpaired) electrons. The van der Waals surface area contributed by atoms with E-state index in [-0.39, 0.29) is 11.3 Å². The molecule has 35 heavy (non-hydrogen) atoms. The van der Waals surface area contributed by atoms with Crippen molar-refractivity contribution in [1.82, 2.24) is 9.55 Å². The smallest absolute Gasteiger partial charge is 0.248 e. The fourth-order valence-electron chi connectivity index (χ4n) is 4.47. The highest BCUT2D eigenvalue weighted by atomic mass is 32.1. The lowest BCUT2D eigenvalue weighted by atomic mass is 9.68. The zero-order valence-electron chi connectivity index (χ0n) is 21.5. The zero-order valence-corrected chi connectivity index (χ0v) is 22.3. The molecule has 0 aliphatic heterocycles. The molecular weight excluding hydrogens is 450 g/mol. The summed E-state index contributed by atoms with van der Waals surface area (Å²) < 4.78 is 2.18. The van der Waals surface area contributed by atoms with Crippen LogP contribution in [-0.2, 0) is 11.3 Å². The number of rotatable bonds is 8. The molecule has 5 heteroatoms. The second-order valence-electron chi connectivity index (χ2n) is 10.0. The summed E-state index contributed by atoms with van der Waals surface area (Å²) in [5.74, 6) is 0.391. The van der Waals surface area contributed by atoms with E-state index >= 15 is 0 Å². The first kappa shape index (κ1) is 26.6. The molecule has 1 heterocycles. The molecule has 1 atom stereocenters. The Bertz CT molecular complexity index is 1160. The van der Waals surface area contributed by atoms with Crippen molar-refractivity contribution in [2.45, 2.75) is 58.9 Å². The van der Waals surface area contributed by atoms with Gasteiger partial charge in [-0.25, -0.2) is 4.98 Å². The van der Waals surface area contributed by atoms with E-state index in [9.17, 15) is 4.79 Å². The van der Waals surface area contributed by atoms with Crippen LogP contribution in [0, 0.1) is 11.3 Å². The minimum absolute atomic E-state index is 0.146. The number of amides is 1. The van der Waals surface area contributed by atoms with E-state index in [1.807, 2.05) is 62.1 Å². The molecule has 0 saturated carbocycles. The molecule has 1 N–H and O–H groups in total. The fraction of sp³-hybridized carbons (Fsp3) is 0.333. The van der Waals surface area contributed by atoms with E-state index in [0.717, 1.165) is 28.3 Å². The van der Waals surface area contributed by atoms with Crippen LogP contribution in [0.25, 0.3) is 0 Å². The number of hydrogen-bond donors (Lipinski definition) is 2. The van der Waals surface area contributed by atoms with Gasteiger partial charge in [0, 0.05) is 35.6 Å². The third-order valence-corrected chi connectivity index (χ3v) is 6.90. The Morgan fingerprint density at radius 1 is 1.20 bits per heavy atom. The van der Waals surface area contributed by atoms with Crippen LogP contribution in [0.2, 0.25) is 0 Å². The predicted molar refractivity (Wildman–Crippen MR) is 150 cm³/mol. The average molecular weight is 488 g/mol. The highest BCUT2D eigenvalue weighted by Gasteiger charge is 2.31. The van der Waals surface area contributed by atoms with Gasteiger partial charge in [-0.05, 0) is 80.4 Å². The summed E-state index contributed by atoms with van der Waals surface area (Å²) in [5.41, 5.74) is 5.88. The number of imidazole rings is 1. The Kier molecular flexibility index (Phi) is 9.16. The number of aromatic nitrogens is 2. The minimum atomic E-state index is -0.146. The van der Waals surface area contributed by atoms with Crippen LogP contribution in [0.15, 0.2) is 107 Å². The quantitative estimate of drug-likeness (QED) is 0.229. The van der Waals surface area contributed by atoms with Crippen LogP contribution in [0.5, 0.6) is 0 Å². The van der Waals surface area contributed by atoms with Crippen LogP contribution < -0.4 is 5.32 Å². The highest BCUT2D eigenvalue weighted by molar-refractivity contribution is 7.80. The van der Waals surface area contributed by atoms with Gasteiger partial charge in [0.2, 0.25) is 5.91 Å². The SMILES string of the molecule is CC(C=CC1=C(C)C(Cn2ccnc2)CCC1(C)C)=CC=CC(C)=CC(=O)Nc1ccc(S)cc1.